The lowest BCUT2D eigenvalue weighted by Crippen LogP contribution is -2.19. The van der Waals surface area contributed by atoms with Crippen LogP contribution in [-0.4, -0.2) is 16.6 Å². The first kappa shape index (κ1) is 16.5. The van der Waals surface area contributed by atoms with Crippen LogP contribution in [0.25, 0.3) is 10.9 Å². The number of rotatable bonds is 5. The fourth-order valence-corrected chi connectivity index (χ4v) is 3.30. The van der Waals surface area contributed by atoms with E-state index in [9.17, 15) is 4.39 Å². The smallest absolute Gasteiger partial charge is 0.153 e. The van der Waals surface area contributed by atoms with Crippen LogP contribution in [0.15, 0.2) is 36.5 Å². The highest BCUT2D eigenvalue weighted by molar-refractivity contribution is 5.93. The van der Waals surface area contributed by atoms with Gasteiger partial charge in [0.15, 0.2) is 5.82 Å². The van der Waals surface area contributed by atoms with Crippen molar-refractivity contribution in [3.8, 4) is 0 Å². The standard InChI is InChI=1S/C20H24FN3/c1-5-12-24-15(3)14(2)18-10-11-22-20(19(18)24)23(4)13-16-6-8-17(21)9-7-16/h6-11H,5,12-13H2,1-4H3. The molecule has 2 heterocycles. The number of halogens is 1. The Bertz CT molecular complexity index is 849. The summed E-state index contributed by atoms with van der Waals surface area (Å²) in [5.74, 6) is 0.770. The van der Waals surface area contributed by atoms with Crippen molar-refractivity contribution < 1.29 is 4.39 Å². The van der Waals surface area contributed by atoms with Gasteiger partial charge in [0.1, 0.15) is 5.82 Å². The van der Waals surface area contributed by atoms with Gasteiger partial charge in [0.25, 0.3) is 0 Å². The summed E-state index contributed by atoms with van der Waals surface area (Å²) in [5, 5.41) is 1.26. The molecule has 1 aromatic carbocycles. The van der Waals surface area contributed by atoms with E-state index >= 15 is 0 Å². The Morgan fingerprint density at radius 1 is 1.12 bits per heavy atom. The summed E-state index contributed by atoms with van der Waals surface area (Å²) in [6.07, 6.45) is 2.96. The molecule has 126 valence electrons. The van der Waals surface area contributed by atoms with Crippen LogP contribution in [0.1, 0.15) is 30.2 Å². The van der Waals surface area contributed by atoms with Gasteiger partial charge in [-0.1, -0.05) is 19.1 Å². The molecule has 0 fully saturated rings. The average Bonchev–Trinajstić information content (AvgIpc) is 2.82. The molecule has 3 rings (SSSR count). The summed E-state index contributed by atoms with van der Waals surface area (Å²) in [6.45, 7) is 8.22. The largest absolute Gasteiger partial charge is 0.354 e. The molecule has 3 aromatic rings. The Morgan fingerprint density at radius 2 is 1.83 bits per heavy atom. The minimum absolute atomic E-state index is 0.204. The van der Waals surface area contributed by atoms with Crippen LogP contribution < -0.4 is 4.90 Å². The predicted octanol–water partition coefficient (Wildman–Crippen LogP) is 4.84. The molecule has 0 N–H and O–H groups in total. The third kappa shape index (κ3) is 2.88. The molecule has 0 aliphatic carbocycles. The third-order valence-corrected chi connectivity index (χ3v) is 4.67. The molecule has 0 atom stereocenters. The number of aromatic nitrogens is 2. The molecule has 0 spiro atoms. The lowest BCUT2D eigenvalue weighted by Gasteiger charge is -2.20. The second kappa shape index (κ2) is 6.63. The first-order chi connectivity index (χ1) is 11.5. The predicted molar refractivity (Wildman–Crippen MR) is 98.0 cm³/mol. The average molecular weight is 325 g/mol. The van der Waals surface area contributed by atoms with E-state index in [2.05, 4.69) is 41.3 Å². The summed E-state index contributed by atoms with van der Waals surface area (Å²) in [5.41, 5.74) is 4.88. The van der Waals surface area contributed by atoms with Gasteiger partial charge in [-0.2, -0.15) is 0 Å². The van der Waals surface area contributed by atoms with Crippen LogP contribution >= 0.6 is 0 Å². The maximum Gasteiger partial charge on any atom is 0.153 e. The van der Waals surface area contributed by atoms with Crippen molar-refractivity contribution in [1.29, 1.82) is 0 Å². The van der Waals surface area contributed by atoms with E-state index in [1.807, 2.05) is 25.4 Å². The normalized spacial score (nSPS) is 11.2. The van der Waals surface area contributed by atoms with Gasteiger partial charge in [-0.3, -0.25) is 0 Å². The van der Waals surface area contributed by atoms with E-state index in [0.29, 0.717) is 6.54 Å². The molecule has 0 saturated carbocycles. The Morgan fingerprint density at radius 3 is 2.50 bits per heavy atom. The minimum atomic E-state index is -0.204. The first-order valence-electron chi connectivity index (χ1n) is 8.43. The van der Waals surface area contributed by atoms with E-state index in [0.717, 1.165) is 24.3 Å². The van der Waals surface area contributed by atoms with E-state index in [1.54, 1.807) is 0 Å². The molecular weight excluding hydrogens is 301 g/mol. The Hall–Kier alpha value is -2.36. The van der Waals surface area contributed by atoms with Crippen molar-refractivity contribution in [3.63, 3.8) is 0 Å². The van der Waals surface area contributed by atoms with Gasteiger partial charge >= 0.3 is 0 Å². The van der Waals surface area contributed by atoms with E-state index in [-0.39, 0.29) is 5.82 Å². The fraction of sp³-hybridized carbons (Fsp3) is 0.350. The van der Waals surface area contributed by atoms with Gasteiger partial charge in [-0.05, 0) is 49.6 Å². The molecular formula is C20H24FN3. The second-order valence-corrected chi connectivity index (χ2v) is 6.38. The maximum absolute atomic E-state index is 13.1. The molecule has 0 amide bonds. The lowest BCUT2D eigenvalue weighted by molar-refractivity contribution is 0.627. The maximum atomic E-state index is 13.1. The minimum Gasteiger partial charge on any atom is -0.354 e. The van der Waals surface area contributed by atoms with Crippen LogP contribution in [0.3, 0.4) is 0 Å². The Labute approximate surface area is 142 Å². The fourth-order valence-electron chi connectivity index (χ4n) is 3.30. The molecule has 2 aromatic heterocycles. The molecule has 0 unspecified atom stereocenters. The third-order valence-electron chi connectivity index (χ3n) is 4.67. The van der Waals surface area contributed by atoms with Crippen molar-refractivity contribution >= 4 is 16.7 Å². The molecule has 24 heavy (non-hydrogen) atoms. The van der Waals surface area contributed by atoms with Crippen LogP contribution in [0, 0.1) is 19.7 Å². The summed E-state index contributed by atoms with van der Waals surface area (Å²) >= 11 is 0. The molecule has 0 radical (unpaired) electrons. The van der Waals surface area contributed by atoms with Crippen LogP contribution in [0.5, 0.6) is 0 Å². The van der Waals surface area contributed by atoms with Gasteiger partial charge < -0.3 is 9.47 Å². The quantitative estimate of drug-likeness (QED) is 0.669. The number of nitrogens with zero attached hydrogens (tertiary/aromatic N) is 3. The Kier molecular flexibility index (Phi) is 4.56. The number of fused-ring (bicyclic) bond motifs is 1. The van der Waals surface area contributed by atoms with E-state index in [4.69, 9.17) is 0 Å². The van der Waals surface area contributed by atoms with Gasteiger partial charge in [0, 0.05) is 37.4 Å². The van der Waals surface area contributed by atoms with Crippen molar-refractivity contribution in [3.05, 3.63) is 59.2 Å². The zero-order valence-corrected chi connectivity index (χ0v) is 14.8. The molecule has 0 aliphatic heterocycles. The highest BCUT2D eigenvalue weighted by atomic mass is 19.1. The van der Waals surface area contributed by atoms with Gasteiger partial charge in [-0.25, -0.2) is 9.37 Å². The Balaban J connectivity index is 2.05. The SMILES string of the molecule is CCCn1c(C)c(C)c2ccnc(N(C)Cc3ccc(F)cc3)c21. The van der Waals surface area contributed by atoms with Crippen molar-refractivity contribution in [2.75, 3.05) is 11.9 Å². The van der Waals surface area contributed by atoms with Gasteiger partial charge in [0.05, 0.1) is 5.52 Å². The van der Waals surface area contributed by atoms with E-state index in [1.165, 1.54) is 34.3 Å². The zero-order valence-electron chi connectivity index (χ0n) is 14.8. The molecule has 4 heteroatoms. The lowest BCUT2D eigenvalue weighted by atomic mass is 10.2. The highest BCUT2D eigenvalue weighted by Crippen LogP contribution is 2.31. The summed E-state index contributed by atoms with van der Waals surface area (Å²) in [4.78, 5) is 6.79. The number of pyridine rings is 1. The van der Waals surface area contributed by atoms with Crippen LogP contribution in [-0.2, 0) is 13.1 Å². The molecule has 0 bridgehead atoms. The molecule has 3 nitrogen and oxygen atoms in total. The number of aryl methyl sites for hydroxylation is 2. The second-order valence-electron chi connectivity index (χ2n) is 6.38. The zero-order chi connectivity index (χ0) is 17.3. The number of anilines is 1. The molecule has 0 saturated heterocycles. The highest BCUT2D eigenvalue weighted by Gasteiger charge is 2.17. The van der Waals surface area contributed by atoms with Gasteiger partial charge in [0.2, 0.25) is 0 Å². The van der Waals surface area contributed by atoms with Crippen LogP contribution in [0.4, 0.5) is 10.2 Å². The van der Waals surface area contributed by atoms with Crippen molar-refractivity contribution in [2.24, 2.45) is 0 Å². The summed E-state index contributed by atoms with van der Waals surface area (Å²) in [6, 6.07) is 8.76. The topological polar surface area (TPSA) is 21.1 Å². The number of hydrogen-bond donors (Lipinski definition) is 0. The summed E-state index contributed by atoms with van der Waals surface area (Å²) < 4.78 is 15.5. The first-order valence-corrected chi connectivity index (χ1v) is 8.43. The monoisotopic (exact) mass is 325 g/mol. The van der Waals surface area contributed by atoms with E-state index < -0.39 is 0 Å². The molecule has 0 aliphatic rings. The number of benzene rings is 1. The number of hydrogen-bond acceptors (Lipinski definition) is 2. The van der Waals surface area contributed by atoms with Crippen molar-refractivity contribution in [1.82, 2.24) is 9.55 Å². The summed E-state index contributed by atoms with van der Waals surface area (Å²) in [7, 11) is 2.04. The van der Waals surface area contributed by atoms with Gasteiger partial charge in [-0.15, -0.1) is 0 Å². The van der Waals surface area contributed by atoms with Crippen molar-refractivity contribution in [2.45, 2.75) is 40.3 Å². The van der Waals surface area contributed by atoms with Crippen LogP contribution in [0.2, 0.25) is 0 Å².